The van der Waals surface area contributed by atoms with Gasteiger partial charge >= 0.3 is 5.97 Å². The van der Waals surface area contributed by atoms with E-state index < -0.39 is 24.0 Å². The summed E-state index contributed by atoms with van der Waals surface area (Å²) in [7, 11) is 0. The zero-order valence-corrected chi connectivity index (χ0v) is 14.8. The lowest BCUT2D eigenvalue weighted by Gasteiger charge is -2.32. The number of nitrogens with one attached hydrogen (secondary N) is 1. The van der Waals surface area contributed by atoms with Gasteiger partial charge in [0, 0.05) is 6.42 Å². The van der Waals surface area contributed by atoms with E-state index in [4.69, 9.17) is 4.74 Å². The van der Waals surface area contributed by atoms with Crippen molar-refractivity contribution < 1.29 is 24.2 Å². The lowest BCUT2D eigenvalue weighted by atomic mass is 10.1. The van der Waals surface area contributed by atoms with Gasteiger partial charge in [0.05, 0.1) is 5.69 Å². The zero-order valence-electron chi connectivity index (χ0n) is 14.8. The Kier molecular flexibility index (Phi) is 5.40. The molecule has 2 aromatic rings. The number of carbonyl (C=O) groups excluding carboxylic acids is 2. The van der Waals surface area contributed by atoms with Crippen LogP contribution in [0.5, 0.6) is 5.75 Å². The Balaban J connectivity index is 1.72. The van der Waals surface area contributed by atoms with Gasteiger partial charge in [-0.05, 0) is 24.6 Å². The molecule has 0 bridgehead atoms. The molecule has 1 aliphatic heterocycles. The molecular formula is C20H20N2O5. The third-order valence-electron chi connectivity index (χ3n) is 4.29. The maximum absolute atomic E-state index is 12.5. The van der Waals surface area contributed by atoms with Crippen LogP contribution < -0.4 is 15.0 Å². The van der Waals surface area contributed by atoms with Gasteiger partial charge in [-0.1, -0.05) is 42.5 Å². The van der Waals surface area contributed by atoms with E-state index in [0.29, 0.717) is 11.4 Å². The van der Waals surface area contributed by atoms with E-state index in [9.17, 15) is 19.5 Å². The number of carboxylic acids is 1. The van der Waals surface area contributed by atoms with Crippen molar-refractivity contribution in [1.29, 1.82) is 0 Å². The predicted molar refractivity (Wildman–Crippen MR) is 98.6 cm³/mol. The van der Waals surface area contributed by atoms with Gasteiger partial charge in [0.1, 0.15) is 18.3 Å². The standard InChI is InChI=1S/C20H20N2O5/c1-13-19(24)22(16-9-5-6-10-17(16)27-13)12-18(23)21-15(20(25)26)11-14-7-3-2-4-8-14/h2-10,13,15H,11-12H2,1H3,(H,21,23)(H,25,26)/t13?,15-/m1/s1. The van der Waals surface area contributed by atoms with E-state index in [1.165, 1.54) is 4.90 Å². The molecule has 1 unspecified atom stereocenters. The van der Waals surface area contributed by atoms with E-state index >= 15 is 0 Å². The van der Waals surface area contributed by atoms with E-state index in [1.54, 1.807) is 55.5 Å². The second-order valence-electron chi connectivity index (χ2n) is 6.30. The minimum Gasteiger partial charge on any atom is -0.480 e. The van der Waals surface area contributed by atoms with Gasteiger partial charge < -0.3 is 15.2 Å². The molecule has 2 atom stereocenters. The fourth-order valence-electron chi connectivity index (χ4n) is 2.96. The molecule has 2 N–H and O–H groups in total. The molecule has 7 nitrogen and oxygen atoms in total. The van der Waals surface area contributed by atoms with Gasteiger partial charge in [-0.2, -0.15) is 0 Å². The third-order valence-corrected chi connectivity index (χ3v) is 4.29. The Hall–Kier alpha value is -3.35. The first-order chi connectivity index (χ1) is 13.0. The lowest BCUT2D eigenvalue weighted by Crippen LogP contribution is -2.51. The Labute approximate surface area is 156 Å². The Bertz CT molecular complexity index is 852. The van der Waals surface area contributed by atoms with Crippen LogP contribution in [-0.2, 0) is 20.8 Å². The fraction of sp³-hybridized carbons (Fsp3) is 0.250. The number of rotatable bonds is 6. The van der Waals surface area contributed by atoms with Crippen molar-refractivity contribution >= 4 is 23.5 Å². The number of fused-ring (bicyclic) bond motifs is 1. The van der Waals surface area contributed by atoms with Crippen LogP contribution in [0.3, 0.4) is 0 Å². The van der Waals surface area contributed by atoms with Crippen LogP contribution in [0.25, 0.3) is 0 Å². The summed E-state index contributed by atoms with van der Waals surface area (Å²) in [6.45, 7) is 1.33. The molecule has 1 aliphatic rings. The van der Waals surface area contributed by atoms with Gasteiger partial charge in [0.15, 0.2) is 6.10 Å². The fourth-order valence-corrected chi connectivity index (χ4v) is 2.96. The van der Waals surface area contributed by atoms with Gasteiger partial charge in [0.25, 0.3) is 5.91 Å². The van der Waals surface area contributed by atoms with Crippen LogP contribution in [0, 0.1) is 0 Å². The van der Waals surface area contributed by atoms with Gasteiger partial charge in [-0.15, -0.1) is 0 Å². The Morgan fingerprint density at radius 2 is 1.81 bits per heavy atom. The Morgan fingerprint density at radius 3 is 2.52 bits per heavy atom. The highest BCUT2D eigenvalue weighted by Gasteiger charge is 2.33. The van der Waals surface area contributed by atoms with Crippen molar-refractivity contribution in [1.82, 2.24) is 5.32 Å². The van der Waals surface area contributed by atoms with Crippen molar-refractivity contribution in [2.24, 2.45) is 0 Å². The highest BCUT2D eigenvalue weighted by atomic mass is 16.5. The predicted octanol–water partition coefficient (Wildman–Crippen LogP) is 1.61. The van der Waals surface area contributed by atoms with E-state index in [-0.39, 0.29) is 18.9 Å². The van der Waals surface area contributed by atoms with E-state index in [1.807, 2.05) is 6.07 Å². The van der Waals surface area contributed by atoms with Crippen molar-refractivity contribution in [3.05, 3.63) is 60.2 Å². The van der Waals surface area contributed by atoms with Crippen LogP contribution in [0.4, 0.5) is 5.69 Å². The largest absolute Gasteiger partial charge is 0.480 e. The molecule has 0 spiro atoms. The number of carbonyl (C=O) groups is 3. The lowest BCUT2D eigenvalue weighted by molar-refractivity contribution is -0.141. The second kappa shape index (κ2) is 7.90. The number of carboxylic acid groups (broad SMARTS) is 1. The van der Waals surface area contributed by atoms with Crippen LogP contribution in [0.1, 0.15) is 12.5 Å². The van der Waals surface area contributed by atoms with Gasteiger partial charge in [-0.3, -0.25) is 14.5 Å². The number of hydrogen-bond acceptors (Lipinski definition) is 4. The molecule has 0 aliphatic carbocycles. The zero-order chi connectivity index (χ0) is 19.4. The molecule has 0 fully saturated rings. The molecule has 2 amide bonds. The maximum atomic E-state index is 12.5. The van der Waals surface area contributed by atoms with Gasteiger partial charge in [-0.25, -0.2) is 4.79 Å². The number of ether oxygens (including phenoxy) is 1. The molecule has 1 heterocycles. The summed E-state index contributed by atoms with van der Waals surface area (Å²) in [5, 5.41) is 11.9. The van der Waals surface area contributed by atoms with Crippen molar-refractivity contribution in [2.75, 3.05) is 11.4 Å². The number of benzene rings is 2. The molecule has 27 heavy (non-hydrogen) atoms. The molecule has 0 aromatic heterocycles. The minimum atomic E-state index is -1.13. The average molecular weight is 368 g/mol. The van der Waals surface area contributed by atoms with E-state index in [2.05, 4.69) is 5.32 Å². The molecule has 7 heteroatoms. The number of nitrogens with zero attached hydrogens (tertiary/aromatic N) is 1. The normalized spacial score (nSPS) is 16.9. The summed E-state index contributed by atoms with van der Waals surface area (Å²) in [5.41, 5.74) is 1.29. The summed E-state index contributed by atoms with van der Waals surface area (Å²) in [5.74, 6) is -1.51. The molecule has 3 rings (SSSR count). The summed E-state index contributed by atoms with van der Waals surface area (Å²) in [4.78, 5) is 37.8. The Morgan fingerprint density at radius 1 is 1.15 bits per heavy atom. The topological polar surface area (TPSA) is 95.9 Å². The number of aliphatic carboxylic acids is 1. The van der Waals surface area contributed by atoms with Crippen LogP contribution >= 0.6 is 0 Å². The summed E-state index contributed by atoms with van der Waals surface area (Å²) < 4.78 is 5.54. The van der Waals surface area contributed by atoms with E-state index in [0.717, 1.165) is 5.56 Å². The number of anilines is 1. The SMILES string of the molecule is CC1Oc2ccccc2N(CC(=O)N[C@H](Cc2ccccc2)C(=O)O)C1=O. The first kappa shape index (κ1) is 18.4. The molecule has 0 radical (unpaired) electrons. The van der Waals surface area contributed by atoms with Gasteiger partial charge in [0.2, 0.25) is 5.91 Å². The minimum absolute atomic E-state index is 0.159. The van der Waals surface area contributed by atoms with Crippen molar-refractivity contribution in [2.45, 2.75) is 25.5 Å². The van der Waals surface area contributed by atoms with Crippen molar-refractivity contribution in [3.63, 3.8) is 0 Å². The van der Waals surface area contributed by atoms with Crippen LogP contribution in [0.15, 0.2) is 54.6 Å². The molecule has 0 saturated carbocycles. The molecule has 0 saturated heterocycles. The first-order valence-corrected chi connectivity index (χ1v) is 8.59. The summed E-state index contributed by atoms with van der Waals surface area (Å²) >= 11 is 0. The highest BCUT2D eigenvalue weighted by molar-refractivity contribution is 6.04. The molecular weight excluding hydrogens is 348 g/mol. The van der Waals surface area contributed by atoms with Crippen LogP contribution in [0.2, 0.25) is 0 Å². The molecule has 140 valence electrons. The highest BCUT2D eigenvalue weighted by Crippen LogP contribution is 2.33. The summed E-state index contributed by atoms with van der Waals surface area (Å²) in [6, 6.07) is 14.9. The smallest absolute Gasteiger partial charge is 0.326 e. The quantitative estimate of drug-likeness (QED) is 0.808. The third kappa shape index (κ3) is 4.25. The molecule has 2 aromatic carbocycles. The number of hydrogen-bond donors (Lipinski definition) is 2. The monoisotopic (exact) mass is 368 g/mol. The summed E-state index contributed by atoms with van der Waals surface area (Å²) in [6.07, 6.45) is -0.557. The number of para-hydroxylation sites is 2. The average Bonchev–Trinajstić information content (AvgIpc) is 2.65. The number of amides is 2. The first-order valence-electron chi connectivity index (χ1n) is 8.59. The van der Waals surface area contributed by atoms with Crippen molar-refractivity contribution in [3.8, 4) is 5.75 Å². The van der Waals surface area contributed by atoms with Crippen LogP contribution in [-0.4, -0.2) is 41.6 Å². The second-order valence-corrected chi connectivity index (χ2v) is 6.30. The maximum Gasteiger partial charge on any atom is 0.326 e.